The lowest BCUT2D eigenvalue weighted by Crippen LogP contribution is -2.41. The van der Waals surface area contributed by atoms with Crippen molar-refractivity contribution < 1.29 is 9.84 Å². The summed E-state index contributed by atoms with van der Waals surface area (Å²) in [7, 11) is 0. The predicted molar refractivity (Wildman–Crippen MR) is 59.8 cm³/mol. The number of aliphatic hydroxyl groups is 1. The third kappa shape index (κ3) is 3.44. The summed E-state index contributed by atoms with van der Waals surface area (Å²) < 4.78 is 5.74. The first kappa shape index (κ1) is 11.4. The molecule has 0 aromatic carbocycles. The zero-order valence-electron chi connectivity index (χ0n) is 9.53. The Labute approximate surface area is 92.4 Å². The van der Waals surface area contributed by atoms with E-state index in [0.717, 1.165) is 39.1 Å². The van der Waals surface area contributed by atoms with Gasteiger partial charge < -0.3 is 14.7 Å². The Kier molecular flexibility index (Phi) is 4.42. The van der Waals surface area contributed by atoms with Crippen molar-refractivity contribution in [2.45, 2.75) is 38.2 Å². The number of ether oxygens (including phenoxy) is 1. The first-order valence-corrected chi connectivity index (χ1v) is 6.33. The van der Waals surface area contributed by atoms with Crippen LogP contribution >= 0.6 is 0 Å². The lowest BCUT2D eigenvalue weighted by Gasteiger charge is -2.34. The fourth-order valence-corrected chi connectivity index (χ4v) is 2.59. The minimum Gasteiger partial charge on any atom is -0.396 e. The van der Waals surface area contributed by atoms with Gasteiger partial charge in [-0.1, -0.05) is 0 Å². The Morgan fingerprint density at radius 2 is 1.93 bits per heavy atom. The zero-order valence-corrected chi connectivity index (χ0v) is 9.53. The SMILES string of the molecule is OCC1CCN(C[C@@H]2CCCCO2)CC1. The van der Waals surface area contributed by atoms with Gasteiger partial charge in [0.05, 0.1) is 6.10 Å². The molecule has 2 aliphatic heterocycles. The second-order valence-electron chi connectivity index (χ2n) is 4.92. The molecule has 0 amide bonds. The van der Waals surface area contributed by atoms with Crippen molar-refractivity contribution in [2.24, 2.45) is 5.92 Å². The van der Waals surface area contributed by atoms with Crippen LogP contribution < -0.4 is 0 Å². The second kappa shape index (κ2) is 5.83. The van der Waals surface area contributed by atoms with Crippen LogP contribution in [0.1, 0.15) is 32.1 Å². The molecule has 0 saturated carbocycles. The van der Waals surface area contributed by atoms with Crippen LogP contribution in [0.5, 0.6) is 0 Å². The molecule has 2 saturated heterocycles. The summed E-state index contributed by atoms with van der Waals surface area (Å²) in [5.41, 5.74) is 0. The van der Waals surface area contributed by atoms with Gasteiger partial charge >= 0.3 is 0 Å². The van der Waals surface area contributed by atoms with Gasteiger partial charge in [-0.05, 0) is 51.1 Å². The number of piperidine rings is 1. The highest BCUT2D eigenvalue weighted by molar-refractivity contribution is 4.75. The Balaban J connectivity index is 1.67. The molecular formula is C12H23NO2. The van der Waals surface area contributed by atoms with E-state index in [-0.39, 0.29) is 0 Å². The Bertz CT molecular complexity index is 172. The molecule has 0 bridgehead atoms. The van der Waals surface area contributed by atoms with Gasteiger partial charge in [0.25, 0.3) is 0 Å². The van der Waals surface area contributed by atoms with Crippen molar-refractivity contribution in [3.63, 3.8) is 0 Å². The second-order valence-corrected chi connectivity index (χ2v) is 4.92. The van der Waals surface area contributed by atoms with Crippen LogP contribution in [0.15, 0.2) is 0 Å². The highest BCUT2D eigenvalue weighted by Crippen LogP contribution is 2.19. The number of likely N-dealkylation sites (tertiary alicyclic amines) is 1. The standard InChI is InChI=1S/C12H23NO2/c14-10-11-4-6-13(7-5-11)9-12-3-1-2-8-15-12/h11-12,14H,1-10H2/t12-/m0/s1. The van der Waals surface area contributed by atoms with E-state index >= 15 is 0 Å². The van der Waals surface area contributed by atoms with Gasteiger partial charge in [0, 0.05) is 19.8 Å². The summed E-state index contributed by atoms with van der Waals surface area (Å²) in [5.74, 6) is 0.550. The molecule has 2 rings (SSSR count). The van der Waals surface area contributed by atoms with Gasteiger partial charge in [-0.2, -0.15) is 0 Å². The highest BCUT2D eigenvalue weighted by Gasteiger charge is 2.22. The predicted octanol–water partition coefficient (Wildman–Crippen LogP) is 1.26. The number of rotatable bonds is 3. The lowest BCUT2D eigenvalue weighted by atomic mass is 9.97. The van der Waals surface area contributed by atoms with E-state index in [2.05, 4.69) is 4.90 Å². The maximum atomic E-state index is 9.06. The topological polar surface area (TPSA) is 32.7 Å². The summed E-state index contributed by atoms with van der Waals surface area (Å²) >= 11 is 0. The van der Waals surface area contributed by atoms with Gasteiger partial charge in [0.1, 0.15) is 0 Å². The molecular weight excluding hydrogens is 190 g/mol. The first-order chi connectivity index (χ1) is 7.38. The average molecular weight is 213 g/mol. The van der Waals surface area contributed by atoms with E-state index < -0.39 is 0 Å². The molecule has 0 aromatic heterocycles. The lowest BCUT2D eigenvalue weighted by molar-refractivity contribution is -0.0128. The Morgan fingerprint density at radius 1 is 1.13 bits per heavy atom. The molecule has 0 aliphatic carbocycles. The third-order valence-corrected chi connectivity index (χ3v) is 3.70. The molecule has 0 aromatic rings. The van der Waals surface area contributed by atoms with Crippen molar-refractivity contribution in [1.29, 1.82) is 0 Å². The van der Waals surface area contributed by atoms with Crippen molar-refractivity contribution in [1.82, 2.24) is 4.90 Å². The van der Waals surface area contributed by atoms with Crippen LogP contribution in [-0.4, -0.2) is 49.0 Å². The highest BCUT2D eigenvalue weighted by atomic mass is 16.5. The van der Waals surface area contributed by atoms with E-state index in [1.165, 1.54) is 19.3 Å². The molecule has 0 spiro atoms. The summed E-state index contributed by atoms with van der Waals surface area (Å²) in [4.78, 5) is 2.50. The Morgan fingerprint density at radius 3 is 2.53 bits per heavy atom. The normalized spacial score (nSPS) is 30.6. The molecule has 0 unspecified atom stereocenters. The molecule has 88 valence electrons. The molecule has 15 heavy (non-hydrogen) atoms. The maximum Gasteiger partial charge on any atom is 0.0702 e. The van der Waals surface area contributed by atoms with Crippen molar-refractivity contribution in [2.75, 3.05) is 32.8 Å². The fourth-order valence-electron chi connectivity index (χ4n) is 2.59. The van der Waals surface area contributed by atoms with Crippen molar-refractivity contribution in [3.05, 3.63) is 0 Å². The molecule has 1 atom stereocenters. The molecule has 2 heterocycles. The molecule has 2 aliphatic rings. The van der Waals surface area contributed by atoms with E-state index in [9.17, 15) is 0 Å². The minimum atomic E-state index is 0.369. The van der Waals surface area contributed by atoms with Gasteiger partial charge in [-0.25, -0.2) is 0 Å². The largest absolute Gasteiger partial charge is 0.396 e. The molecule has 3 heteroatoms. The van der Waals surface area contributed by atoms with Crippen molar-refractivity contribution >= 4 is 0 Å². The Hall–Kier alpha value is -0.120. The van der Waals surface area contributed by atoms with Crippen LogP contribution in [0, 0.1) is 5.92 Å². The molecule has 0 radical (unpaired) electrons. The minimum absolute atomic E-state index is 0.369. The summed E-state index contributed by atoms with van der Waals surface area (Å²) in [6, 6.07) is 0. The van der Waals surface area contributed by atoms with E-state index in [1.54, 1.807) is 0 Å². The van der Waals surface area contributed by atoms with Gasteiger partial charge in [0.2, 0.25) is 0 Å². The zero-order chi connectivity index (χ0) is 10.5. The van der Waals surface area contributed by atoms with Gasteiger partial charge in [0.15, 0.2) is 0 Å². The monoisotopic (exact) mass is 213 g/mol. The summed E-state index contributed by atoms with van der Waals surface area (Å²) in [5, 5.41) is 9.06. The number of hydrogen-bond donors (Lipinski definition) is 1. The molecule has 2 fully saturated rings. The van der Waals surface area contributed by atoms with Crippen LogP contribution in [0.4, 0.5) is 0 Å². The number of aliphatic hydroxyl groups excluding tert-OH is 1. The molecule has 1 N–H and O–H groups in total. The summed E-state index contributed by atoms with van der Waals surface area (Å²) in [6.07, 6.45) is 6.59. The number of hydrogen-bond acceptors (Lipinski definition) is 3. The maximum absolute atomic E-state index is 9.06. The van der Waals surface area contributed by atoms with Crippen LogP contribution in [0.3, 0.4) is 0 Å². The van der Waals surface area contributed by atoms with Gasteiger partial charge in [-0.15, -0.1) is 0 Å². The fraction of sp³-hybridized carbons (Fsp3) is 1.00. The first-order valence-electron chi connectivity index (χ1n) is 6.33. The van der Waals surface area contributed by atoms with Crippen LogP contribution in [-0.2, 0) is 4.74 Å². The van der Waals surface area contributed by atoms with E-state index in [1.807, 2.05) is 0 Å². The summed E-state index contributed by atoms with van der Waals surface area (Å²) in [6.45, 7) is 4.72. The van der Waals surface area contributed by atoms with Crippen LogP contribution in [0.25, 0.3) is 0 Å². The third-order valence-electron chi connectivity index (χ3n) is 3.70. The van der Waals surface area contributed by atoms with Gasteiger partial charge in [-0.3, -0.25) is 0 Å². The average Bonchev–Trinajstić information content (AvgIpc) is 2.31. The van der Waals surface area contributed by atoms with Crippen LogP contribution in [0.2, 0.25) is 0 Å². The van der Waals surface area contributed by atoms with Crippen molar-refractivity contribution in [3.8, 4) is 0 Å². The van der Waals surface area contributed by atoms with E-state index in [0.29, 0.717) is 18.6 Å². The molecule has 3 nitrogen and oxygen atoms in total. The van der Waals surface area contributed by atoms with E-state index in [4.69, 9.17) is 9.84 Å². The number of nitrogens with zero attached hydrogens (tertiary/aromatic N) is 1. The quantitative estimate of drug-likeness (QED) is 0.766. The smallest absolute Gasteiger partial charge is 0.0702 e.